The Kier molecular flexibility index (Phi) is 5.58. The SMILES string of the molecule is CCC(C)N(CC)c1c(C(F)(F)F)cc([N+](=O)[O-])c(N)c1[N+](=O)[O-]. The maximum Gasteiger partial charge on any atom is 0.418 e. The Morgan fingerprint density at radius 3 is 2.12 bits per heavy atom. The van der Waals surface area contributed by atoms with Gasteiger partial charge in [-0.15, -0.1) is 0 Å². The van der Waals surface area contributed by atoms with Crippen LogP contribution in [0.15, 0.2) is 6.07 Å². The third-order valence-electron chi connectivity index (χ3n) is 3.73. The first-order valence-corrected chi connectivity index (χ1v) is 7.06. The van der Waals surface area contributed by atoms with Crippen molar-refractivity contribution in [2.45, 2.75) is 39.4 Å². The van der Waals surface area contributed by atoms with Gasteiger partial charge in [0.2, 0.25) is 0 Å². The third-order valence-corrected chi connectivity index (χ3v) is 3.73. The molecule has 0 aliphatic rings. The van der Waals surface area contributed by atoms with Crippen molar-refractivity contribution >= 4 is 22.7 Å². The summed E-state index contributed by atoms with van der Waals surface area (Å²) in [7, 11) is 0. The van der Waals surface area contributed by atoms with Crippen molar-refractivity contribution < 1.29 is 23.0 Å². The molecule has 0 bridgehead atoms. The smallest absolute Gasteiger partial charge is 0.387 e. The number of halogens is 3. The van der Waals surface area contributed by atoms with Crippen molar-refractivity contribution in [3.05, 3.63) is 31.9 Å². The van der Waals surface area contributed by atoms with Crippen LogP contribution in [0.3, 0.4) is 0 Å². The van der Waals surface area contributed by atoms with E-state index in [9.17, 15) is 33.4 Å². The van der Waals surface area contributed by atoms with Crippen LogP contribution in [0.5, 0.6) is 0 Å². The molecule has 0 saturated heterocycles. The van der Waals surface area contributed by atoms with Crippen LogP contribution >= 0.6 is 0 Å². The van der Waals surface area contributed by atoms with E-state index >= 15 is 0 Å². The number of alkyl halides is 3. The standard InChI is InChI=1S/C13H17F3N4O4/c1-4-7(3)18(5-2)11-8(13(14,15)16)6-9(19(21)22)10(17)12(11)20(23)24/h6-7H,4-5,17H2,1-3H3. The molecule has 0 amide bonds. The highest BCUT2D eigenvalue weighted by Gasteiger charge is 2.44. The lowest BCUT2D eigenvalue weighted by atomic mass is 10.0. The van der Waals surface area contributed by atoms with Crippen molar-refractivity contribution in [3.8, 4) is 0 Å². The second-order valence-electron chi connectivity index (χ2n) is 5.11. The van der Waals surface area contributed by atoms with Gasteiger partial charge < -0.3 is 10.6 Å². The summed E-state index contributed by atoms with van der Waals surface area (Å²) >= 11 is 0. The van der Waals surface area contributed by atoms with E-state index in [0.29, 0.717) is 6.42 Å². The number of hydrogen-bond donors (Lipinski definition) is 1. The Morgan fingerprint density at radius 1 is 1.25 bits per heavy atom. The molecule has 11 heteroatoms. The molecule has 8 nitrogen and oxygen atoms in total. The highest BCUT2D eigenvalue weighted by molar-refractivity contribution is 5.85. The van der Waals surface area contributed by atoms with Gasteiger partial charge in [-0.1, -0.05) is 6.92 Å². The molecule has 24 heavy (non-hydrogen) atoms. The number of nitrogen functional groups attached to an aromatic ring is 1. The highest BCUT2D eigenvalue weighted by Crippen LogP contribution is 2.49. The van der Waals surface area contributed by atoms with Gasteiger partial charge in [0.25, 0.3) is 5.69 Å². The van der Waals surface area contributed by atoms with E-state index in [1.54, 1.807) is 13.8 Å². The summed E-state index contributed by atoms with van der Waals surface area (Å²) < 4.78 is 40.3. The quantitative estimate of drug-likeness (QED) is 0.475. The van der Waals surface area contributed by atoms with Crippen LogP contribution in [0.2, 0.25) is 0 Å². The molecule has 134 valence electrons. The van der Waals surface area contributed by atoms with E-state index in [1.807, 2.05) is 0 Å². The normalized spacial score (nSPS) is 12.8. The molecule has 1 atom stereocenters. The van der Waals surface area contributed by atoms with Gasteiger partial charge in [-0.2, -0.15) is 13.2 Å². The van der Waals surface area contributed by atoms with Crippen molar-refractivity contribution in [1.29, 1.82) is 0 Å². The number of nitrogens with two attached hydrogens (primary N) is 1. The van der Waals surface area contributed by atoms with Crippen molar-refractivity contribution in [2.24, 2.45) is 0 Å². The fourth-order valence-corrected chi connectivity index (χ4v) is 2.41. The molecule has 0 aromatic heterocycles. The lowest BCUT2D eigenvalue weighted by molar-refractivity contribution is -0.392. The summed E-state index contributed by atoms with van der Waals surface area (Å²) in [5.74, 6) is 0. The summed E-state index contributed by atoms with van der Waals surface area (Å²) in [6, 6.07) is -0.210. The summed E-state index contributed by atoms with van der Waals surface area (Å²) in [6.07, 6.45) is -4.60. The van der Waals surface area contributed by atoms with Crippen LogP contribution in [-0.4, -0.2) is 22.4 Å². The van der Waals surface area contributed by atoms with E-state index in [1.165, 1.54) is 11.8 Å². The van der Waals surface area contributed by atoms with Crippen molar-refractivity contribution in [1.82, 2.24) is 0 Å². The zero-order valence-electron chi connectivity index (χ0n) is 13.3. The Morgan fingerprint density at radius 2 is 1.79 bits per heavy atom. The Hall–Kier alpha value is -2.59. The number of nitro groups is 2. The predicted molar refractivity (Wildman–Crippen MR) is 81.9 cm³/mol. The van der Waals surface area contributed by atoms with Gasteiger partial charge in [0, 0.05) is 18.7 Å². The topological polar surface area (TPSA) is 116 Å². The first kappa shape index (κ1) is 19.5. The molecule has 1 aromatic carbocycles. The zero-order chi connectivity index (χ0) is 18.8. The van der Waals surface area contributed by atoms with Gasteiger partial charge in [-0.25, -0.2) is 0 Å². The zero-order valence-corrected chi connectivity index (χ0v) is 13.3. The van der Waals surface area contributed by atoms with E-state index < -0.39 is 50.4 Å². The molecular weight excluding hydrogens is 333 g/mol. The third kappa shape index (κ3) is 3.49. The van der Waals surface area contributed by atoms with E-state index in [0.717, 1.165) is 0 Å². The number of anilines is 2. The summed E-state index contributed by atoms with van der Waals surface area (Å²) in [6.45, 7) is 4.88. The average molecular weight is 350 g/mol. The van der Waals surface area contributed by atoms with Gasteiger partial charge in [0.1, 0.15) is 5.69 Å². The number of nitrogens with zero attached hydrogens (tertiary/aromatic N) is 3. The molecule has 1 aromatic rings. The minimum Gasteiger partial charge on any atom is -0.387 e. The second-order valence-corrected chi connectivity index (χ2v) is 5.11. The Labute approximate surface area is 135 Å². The second kappa shape index (κ2) is 6.89. The van der Waals surface area contributed by atoms with Crippen LogP contribution in [0.1, 0.15) is 32.8 Å². The van der Waals surface area contributed by atoms with Crippen molar-refractivity contribution in [3.63, 3.8) is 0 Å². The van der Waals surface area contributed by atoms with Crippen molar-refractivity contribution in [2.75, 3.05) is 17.2 Å². The summed E-state index contributed by atoms with van der Waals surface area (Å²) in [5, 5.41) is 22.3. The molecule has 0 aliphatic heterocycles. The van der Waals surface area contributed by atoms with Crippen LogP contribution in [0.25, 0.3) is 0 Å². The molecule has 2 N–H and O–H groups in total. The fraction of sp³-hybridized carbons (Fsp3) is 0.538. The molecular formula is C13H17F3N4O4. The molecule has 0 radical (unpaired) electrons. The van der Waals surface area contributed by atoms with Gasteiger partial charge in [-0.05, 0) is 20.3 Å². The van der Waals surface area contributed by atoms with Crippen LogP contribution in [0.4, 0.5) is 35.9 Å². The Balaban J connectivity index is 3.98. The van der Waals surface area contributed by atoms with E-state index in [-0.39, 0.29) is 12.6 Å². The molecule has 0 saturated carbocycles. The van der Waals surface area contributed by atoms with Gasteiger partial charge >= 0.3 is 11.9 Å². The lowest BCUT2D eigenvalue weighted by Crippen LogP contribution is -2.35. The number of hydrogen-bond acceptors (Lipinski definition) is 6. The summed E-state index contributed by atoms with van der Waals surface area (Å²) in [5.41, 5.74) is 0.132. The fourth-order valence-electron chi connectivity index (χ4n) is 2.41. The van der Waals surface area contributed by atoms with Gasteiger partial charge in [0.15, 0.2) is 5.69 Å². The molecule has 0 fully saturated rings. The Bertz CT molecular complexity index is 664. The monoisotopic (exact) mass is 350 g/mol. The molecule has 1 unspecified atom stereocenters. The van der Waals surface area contributed by atoms with Gasteiger partial charge in [-0.3, -0.25) is 20.2 Å². The average Bonchev–Trinajstić information content (AvgIpc) is 2.45. The number of nitro benzene ring substituents is 2. The maximum atomic E-state index is 13.4. The molecule has 0 heterocycles. The number of benzene rings is 1. The van der Waals surface area contributed by atoms with Gasteiger partial charge in [0.05, 0.1) is 15.4 Å². The van der Waals surface area contributed by atoms with Crippen LogP contribution in [-0.2, 0) is 6.18 Å². The van der Waals surface area contributed by atoms with Crippen LogP contribution < -0.4 is 10.6 Å². The van der Waals surface area contributed by atoms with E-state index in [2.05, 4.69) is 0 Å². The molecule has 0 spiro atoms. The first-order valence-electron chi connectivity index (χ1n) is 7.06. The lowest BCUT2D eigenvalue weighted by Gasteiger charge is -2.31. The molecule has 0 aliphatic carbocycles. The minimum atomic E-state index is -5.01. The van der Waals surface area contributed by atoms with Crippen LogP contribution in [0, 0.1) is 20.2 Å². The molecule has 1 rings (SSSR count). The van der Waals surface area contributed by atoms with E-state index in [4.69, 9.17) is 5.73 Å². The maximum absolute atomic E-state index is 13.4. The largest absolute Gasteiger partial charge is 0.418 e. The highest BCUT2D eigenvalue weighted by atomic mass is 19.4. The summed E-state index contributed by atoms with van der Waals surface area (Å²) in [4.78, 5) is 21.2. The minimum absolute atomic E-state index is 0.0379. The predicted octanol–water partition coefficient (Wildman–Crippen LogP) is 3.73. The first-order chi connectivity index (χ1) is 11.0. The number of rotatable bonds is 6.